The molecule has 0 amide bonds. The fraction of sp³-hybridized carbons (Fsp3) is 1.00. The summed E-state index contributed by atoms with van der Waals surface area (Å²) in [5.74, 6) is -1.96. The molecular formula is C2H6BaO6S2. The topological polar surface area (TPSA) is 109 Å². The van der Waals surface area contributed by atoms with Crippen LogP contribution in [0.2, 0.25) is 0 Å². The van der Waals surface area contributed by atoms with Gasteiger partial charge in [-0.05, 0) is 0 Å². The van der Waals surface area contributed by atoms with E-state index in [1.165, 1.54) is 0 Å². The van der Waals surface area contributed by atoms with Crippen molar-refractivity contribution in [3.63, 3.8) is 0 Å². The van der Waals surface area contributed by atoms with E-state index in [4.69, 9.17) is 9.11 Å². The second-order valence-electron chi connectivity index (χ2n) is 1.57. The van der Waals surface area contributed by atoms with Gasteiger partial charge < -0.3 is 0 Å². The van der Waals surface area contributed by atoms with Gasteiger partial charge in [-0.3, -0.25) is 9.11 Å². The predicted octanol–water partition coefficient (Wildman–Crippen LogP) is -1.62. The minimum atomic E-state index is -4.30. The van der Waals surface area contributed by atoms with Crippen LogP contribution in [0.25, 0.3) is 0 Å². The third kappa shape index (κ3) is 14.3. The summed E-state index contributed by atoms with van der Waals surface area (Å²) < 4.78 is 55.4. The summed E-state index contributed by atoms with van der Waals surface area (Å²) in [5, 5.41) is 0. The number of rotatable bonds is 3. The van der Waals surface area contributed by atoms with Gasteiger partial charge in [-0.25, -0.2) is 0 Å². The molecule has 0 unspecified atom stereocenters. The van der Waals surface area contributed by atoms with E-state index in [0.29, 0.717) is 0 Å². The van der Waals surface area contributed by atoms with Crippen LogP contribution in [0, 0.1) is 0 Å². The molecule has 0 aromatic heterocycles. The standard InChI is InChI=1S/C2H6O6S2.Ba/c3-9(4,5)1-2-10(6,7)8;/h1-2H2,(H,3,4,5)(H,6,7,8);. The monoisotopic (exact) mass is 328 g/mol. The molecule has 0 aromatic carbocycles. The Morgan fingerprint density at radius 3 is 1.09 bits per heavy atom. The Labute approximate surface area is 105 Å². The van der Waals surface area contributed by atoms with E-state index in [0.717, 1.165) is 0 Å². The zero-order chi connectivity index (χ0) is 8.41. The Bertz CT molecular complexity index is 255. The number of hydrogen-bond donors (Lipinski definition) is 2. The van der Waals surface area contributed by atoms with Gasteiger partial charge in [-0.15, -0.1) is 0 Å². The van der Waals surface area contributed by atoms with Crippen LogP contribution in [-0.2, 0) is 20.2 Å². The van der Waals surface area contributed by atoms with Crippen molar-refractivity contribution in [2.45, 2.75) is 0 Å². The van der Waals surface area contributed by atoms with Crippen molar-refractivity contribution in [3.05, 3.63) is 0 Å². The normalized spacial score (nSPS) is 12.2. The maximum atomic E-state index is 9.86. The van der Waals surface area contributed by atoms with E-state index in [1.54, 1.807) is 0 Å². The van der Waals surface area contributed by atoms with E-state index < -0.39 is 31.7 Å². The summed E-state index contributed by atoms with van der Waals surface area (Å²) in [7, 11) is -8.59. The molecule has 0 fully saturated rings. The van der Waals surface area contributed by atoms with Gasteiger partial charge in [0.25, 0.3) is 20.2 Å². The first-order chi connectivity index (χ1) is 4.21. The van der Waals surface area contributed by atoms with E-state index >= 15 is 0 Å². The molecule has 2 radical (unpaired) electrons. The van der Waals surface area contributed by atoms with E-state index in [-0.39, 0.29) is 48.9 Å². The van der Waals surface area contributed by atoms with Crippen LogP contribution in [0.3, 0.4) is 0 Å². The molecule has 0 bridgehead atoms. The number of hydrogen-bond acceptors (Lipinski definition) is 4. The first-order valence-corrected chi connectivity index (χ1v) is 5.33. The minimum Gasteiger partial charge on any atom is -0.286 e. The molecule has 0 aliphatic carbocycles. The molecule has 0 aromatic rings. The first kappa shape index (κ1) is 14.9. The van der Waals surface area contributed by atoms with Gasteiger partial charge in [-0.2, -0.15) is 16.8 Å². The summed E-state index contributed by atoms with van der Waals surface area (Å²) in [4.78, 5) is 0. The van der Waals surface area contributed by atoms with Gasteiger partial charge in [0.05, 0.1) is 11.5 Å². The van der Waals surface area contributed by atoms with Crippen molar-refractivity contribution in [2.24, 2.45) is 0 Å². The second-order valence-corrected chi connectivity index (χ2v) is 4.72. The molecule has 64 valence electrons. The zero-order valence-electron chi connectivity index (χ0n) is 5.47. The Balaban J connectivity index is 0. The molecule has 0 atom stereocenters. The largest absolute Gasteiger partial charge is 0.286 e. The smallest absolute Gasteiger partial charge is 0.265 e. The van der Waals surface area contributed by atoms with Crippen LogP contribution in [0.1, 0.15) is 0 Å². The average molecular weight is 328 g/mol. The summed E-state index contributed by atoms with van der Waals surface area (Å²) >= 11 is 0. The summed E-state index contributed by atoms with van der Waals surface area (Å²) in [5.41, 5.74) is 0. The molecule has 9 heteroatoms. The predicted molar refractivity (Wildman–Crippen MR) is 38.6 cm³/mol. The van der Waals surface area contributed by atoms with Gasteiger partial charge in [0.2, 0.25) is 0 Å². The summed E-state index contributed by atoms with van der Waals surface area (Å²) in [6.07, 6.45) is 0. The average Bonchev–Trinajstić information content (AvgIpc) is 1.57. The minimum absolute atomic E-state index is 0. The summed E-state index contributed by atoms with van der Waals surface area (Å²) in [6.45, 7) is 0. The Kier molecular flexibility index (Phi) is 7.03. The molecule has 11 heavy (non-hydrogen) atoms. The fourth-order valence-electron chi connectivity index (χ4n) is 0.211. The molecule has 0 saturated carbocycles. The van der Waals surface area contributed by atoms with Crippen LogP contribution in [0.4, 0.5) is 0 Å². The van der Waals surface area contributed by atoms with Crippen molar-refractivity contribution in [3.8, 4) is 0 Å². The Hall–Kier alpha value is 1.39. The third-order valence-corrected chi connectivity index (χ3v) is 2.30. The molecule has 2 N–H and O–H groups in total. The SMILES string of the molecule is O=S(=O)(O)CCS(=O)(=O)O.[Ba]. The maximum absolute atomic E-state index is 9.86. The molecule has 0 rings (SSSR count). The van der Waals surface area contributed by atoms with E-state index in [2.05, 4.69) is 0 Å². The van der Waals surface area contributed by atoms with Crippen LogP contribution >= 0.6 is 0 Å². The van der Waals surface area contributed by atoms with E-state index in [9.17, 15) is 16.8 Å². The maximum Gasteiger partial charge on any atom is 0.265 e. The molecule has 0 saturated heterocycles. The first-order valence-electron chi connectivity index (χ1n) is 2.11. The Morgan fingerprint density at radius 1 is 0.818 bits per heavy atom. The van der Waals surface area contributed by atoms with Crippen molar-refractivity contribution in [1.29, 1.82) is 0 Å². The van der Waals surface area contributed by atoms with Crippen molar-refractivity contribution in [1.82, 2.24) is 0 Å². The molecule has 0 spiro atoms. The Morgan fingerprint density at radius 2 is 1.00 bits per heavy atom. The molecule has 6 nitrogen and oxygen atoms in total. The second kappa shape index (κ2) is 5.19. The van der Waals surface area contributed by atoms with Gasteiger partial charge in [-0.1, -0.05) is 0 Å². The molecule has 0 aliphatic rings. The zero-order valence-corrected chi connectivity index (χ0v) is 11.5. The van der Waals surface area contributed by atoms with E-state index in [1.807, 2.05) is 0 Å². The van der Waals surface area contributed by atoms with Crippen LogP contribution in [0.5, 0.6) is 0 Å². The molecular weight excluding hydrogens is 321 g/mol. The molecule has 0 aliphatic heterocycles. The quantitative estimate of drug-likeness (QED) is 0.476. The summed E-state index contributed by atoms with van der Waals surface area (Å²) in [6, 6.07) is 0. The van der Waals surface area contributed by atoms with Gasteiger partial charge in [0.1, 0.15) is 0 Å². The fourth-order valence-corrected chi connectivity index (χ4v) is 1.90. The molecule has 0 heterocycles. The van der Waals surface area contributed by atoms with Crippen LogP contribution < -0.4 is 0 Å². The van der Waals surface area contributed by atoms with Gasteiger partial charge in [0, 0.05) is 48.9 Å². The van der Waals surface area contributed by atoms with Crippen molar-refractivity contribution < 1.29 is 25.9 Å². The van der Waals surface area contributed by atoms with Crippen molar-refractivity contribution >= 4 is 69.1 Å². The third-order valence-electron chi connectivity index (χ3n) is 0.599. The van der Waals surface area contributed by atoms with Gasteiger partial charge in [0.15, 0.2) is 0 Å². The van der Waals surface area contributed by atoms with Crippen LogP contribution in [0.15, 0.2) is 0 Å². The van der Waals surface area contributed by atoms with Crippen molar-refractivity contribution in [2.75, 3.05) is 11.5 Å². The van der Waals surface area contributed by atoms with Crippen LogP contribution in [-0.4, -0.2) is 86.3 Å². The van der Waals surface area contributed by atoms with Gasteiger partial charge >= 0.3 is 0 Å².